The SMILES string of the molecule is CCOc1ccc(C(=C2CC2)c2ccc(OCC)cc2)cc1. The van der Waals surface area contributed by atoms with Crippen LogP contribution in [0.15, 0.2) is 54.1 Å². The lowest BCUT2D eigenvalue weighted by atomic mass is 9.97. The van der Waals surface area contributed by atoms with Gasteiger partial charge in [0.15, 0.2) is 0 Å². The average Bonchev–Trinajstić information content (AvgIpc) is 3.36. The first-order chi connectivity index (χ1) is 10.8. The van der Waals surface area contributed by atoms with Crippen molar-refractivity contribution in [3.63, 3.8) is 0 Å². The Morgan fingerprint density at radius 2 is 1.14 bits per heavy atom. The number of hydrogen-bond acceptors (Lipinski definition) is 2. The van der Waals surface area contributed by atoms with Crippen LogP contribution in [0.5, 0.6) is 11.5 Å². The minimum absolute atomic E-state index is 0.701. The summed E-state index contributed by atoms with van der Waals surface area (Å²) in [4.78, 5) is 0. The summed E-state index contributed by atoms with van der Waals surface area (Å²) < 4.78 is 11.1. The molecule has 3 rings (SSSR count). The lowest BCUT2D eigenvalue weighted by molar-refractivity contribution is 0.340. The van der Waals surface area contributed by atoms with E-state index in [1.165, 1.54) is 35.1 Å². The Labute approximate surface area is 132 Å². The van der Waals surface area contributed by atoms with E-state index in [0.29, 0.717) is 13.2 Å². The van der Waals surface area contributed by atoms with Crippen molar-refractivity contribution in [2.75, 3.05) is 13.2 Å². The summed E-state index contributed by atoms with van der Waals surface area (Å²) >= 11 is 0. The van der Waals surface area contributed by atoms with Crippen LogP contribution in [0.1, 0.15) is 37.8 Å². The Morgan fingerprint density at radius 1 is 0.727 bits per heavy atom. The summed E-state index contributed by atoms with van der Waals surface area (Å²) in [5.74, 6) is 1.86. The highest BCUT2D eigenvalue weighted by atomic mass is 16.5. The molecule has 22 heavy (non-hydrogen) atoms. The van der Waals surface area contributed by atoms with Gasteiger partial charge < -0.3 is 9.47 Å². The maximum Gasteiger partial charge on any atom is 0.119 e. The van der Waals surface area contributed by atoms with E-state index in [4.69, 9.17) is 9.47 Å². The fourth-order valence-corrected chi connectivity index (χ4v) is 2.66. The van der Waals surface area contributed by atoms with E-state index in [0.717, 1.165) is 11.5 Å². The fraction of sp³-hybridized carbons (Fsp3) is 0.300. The second-order valence-corrected chi connectivity index (χ2v) is 5.39. The molecular formula is C20H22O2. The van der Waals surface area contributed by atoms with Gasteiger partial charge in [-0.1, -0.05) is 29.8 Å². The number of allylic oxidation sites excluding steroid dienone is 1. The van der Waals surface area contributed by atoms with E-state index in [-0.39, 0.29) is 0 Å². The van der Waals surface area contributed by atoms with Crippen LogP contribution in [0.4, 0.5) is 0 Å². The average molecular weight is 294 g/mol. The molecule has 114 valence electrons. The monoisotopic (exact) mass is 294 g/mol. The molecule has 0 N–H and O–H groups in total. The van der Waals surface area contributed by atoms with Gasteiger partial charge in [-0.3, -0.25) is 0 Å². The molecule has 0 amide bonds. The van der Waals surface area contributed by atoms with Crippen molar-refractivity contribution in [2.24, 2.45) is 0 Å². The van der Waals surface area contributed by atoms with Gasteiger partial charge in [-0.2, -0.15) is 0 Å². The minimum atomic E-state index is 0.701. The molecule has 1 saturated carbocycles. The topological polar surface area (TPSA) is 18.5 Å². The predicted molar refractivity (Wildman–Crippen MR) is 90.5 cm³/mol. The Kier molecular flexibility index (Phi) is 4.47. The third-order valence-corrected chi connectivity index (χ3v) is 3.76. The second kappa shape index (κ2) is 6.69. The Hall–Kier alpha value is -2.22. The predicted octanol–water partition coefficient (Wildman–Crippen LogP) is 5.08. The largest absolute Gasteiger partial charge is 0.494 e. The zero-order valence-corrected chi connectivity index (χ0v) is 13.3. The third-order valence-electron chi connectivity index (χ3n) is 3.76. The molecule has 1 aliphatic carbocycles. The fourth-order valence-electron chi connectivity index (χ4n) is 2.66. The van der Waals surface area contributed by atoms with Crippen molar-refractivity contribution in [3.05, 3.63) is 65.2 Å². The molecule has 0 saturated heterocycles. The van der Waals surface area contributed by atoms with Gasteiger partial charge in [0.1, 0.15) is 11.5 Å². The van der Waals surface area contributed by atoms with Crippen LogP contribution in [0.25, 0.3) is 5.57 Å². The summed E-state index contributed by atoms with van der Waals surface area (Å²) in [5, 5.41) is 0. The molecule has 1 fully saturated rings. The zero-order valence-electron chi connectivity index (χ0n) is 13.3. The molecule has 0 heterocycles. The van der Waals surface area contributed by atoms with Crippen LogP contribution in [-0.2, 0) is 0 Å². The van der Waals surface area contributed by atoms with E-state index in [2.05, 4.69) is 48.5 Å². The van der Waals surface area contributed by atoms with Gasteiger partial charge >= 0.3 is 0 Å². The van der Waals surface area contributed by atoms with Gasteiger partial charge in [0, 0.05) is 0 Å². The molecule has 1 aliphatic rings. The Balaban J connectivity index is 1.89. The lowest BCUT2D eigenvalue weighted by Crippen LogP contribution is -1.94. The summed E-state index contributed by atoms with van der Waals surface area (Å²) in [6, 6.07) is 16.8. The minimum Gasteiger partial charge on any atom is -0.494 e. The van der Waals surface area contributed by atoms with Gasteiger partial charge in [-0.05, 0) is 67.7 Å². The molecular weight excluding hydrogens is 272 g/mol. The molecule has 0 aliphatic heterocycles. The van der Waals surface area contributed by atoms with Crippen LogP contribution in [0, 0.1) is 0 Å². The molecule has 2 nitrogen and oxygen atoms in total. The van der Waals surface area contributed by atoms with E-state index in [9.17, 15) is 0 Å². The van der Waals surface area contributed by atoms with E-state index >= 15 is 0 Å². The molecule has 2 aromatic rings. The molecule has 0 bridgehead atoms. The highest BCUT2D eigenvalue weighted by Crippen LogP contribution is 2.40. The van der Waals surface area contributed by atoms with E-state index in [1.54, 1.807) is 0 Å². The first-order valence-electron chi connectivity index (χ1n) is 8.00. The normalized spacial score (nSPS) is 12.9. The number of rotatable bonds is 6. The van der Waals surface area contributed by atoms with Crippen LogP contribution in [0.3, 0.4) is 0 Å². The van der Waals surface area contributed by atoms with Gasteiger partial charge in [-0.15, -0.1) is 0 Å². The quantitative estimate of drug-likeness (QED) is 0.739. The first kappa shape index (κ1) is 14.7. The van der Waals surface area contributed by atoms with Crippen LogP contribution in [-0.4, -0.2) is 13.2 Å². The number of benzene rings is 2. The van der Waals surface area contributed by atoms with Crippen molar-refractivity contribution in [3.8, 4) is 11.5 Å². The summed E-state index contributed by atoms with van der Waals surface area (Å²) in [5.41, 5.74) is 5.43. The molecule has 2 heteroatoms. The van der Waals surface area contributed by atoms with Crippen LogP contribution in [0.2, 0.25) is 0 Å². The van der Waals surface area contributed by atoms with Gasteiger partial charge in [0.25, 0.3) is 0 Å². The van der Waals surface area contributed by atoms with Crippen molar-refractivity contribution >= 4 is 5.57 Å². The maximum atomic E-state index is 5.53. The van der Waals surface area contributed by atoms with Gasteiger partial charge in [-0.25, -0.2) is 0 Å². The lowest BCUT2D eigenvalue weighted by Gasteiger charge is -2.11. The van der Waals surface area contributed by atoms with Crippen molar-refractivity contribution in [1.82, 2.24) is 0 Å². The summed E-state index contributed by atoms with van der Waals surface area (Å²) in [6.45, 7) is 5.41. The molecule has 0 unspecified atom stereocenters. The van der Waals surface area contributed by atoms with Crippen LogP contribution >= 0.6 is 0 Å². The smallest absolute Gasteiger partial charge is 0.119 e. The van der Waals surface area contributed by atoms with E-state index < -0.39 is 0 Å². The standard InChI is InChI=1S/C20H22O2/c1-3-21-18-11-7-16(8-12-18)20(15-5-6-15)17-9-13-19(14-10-17)22-4-2/h7-14H,3-6H2,1-2H3. The maximum absolute atomic E-state index is 5.53. The molecule has 2 aromatic carbocycles. The molecule has 0 atom stereocenters. The van der Waals surface area contributed by atoms with E-state index in [1.807, 2.05) is 13.8 Å². The Morgan fingerprint density at radius 3 is 1.45 bits per heavy atom. The molecule has 0 spiro atoms. The first-order valence-corrected chi connectivity index (χ1v) is 8.00. The molecule has 0 radical (unpaired) electrons. The van der Waals surface area contributed by atoms with Crippen molar-refractivity contribution < 1.29 is 9.47 Å². The van der Waals surface area contributed by atoms with Gasteiger partial charge in [0.2, 0.25) is 0 Å². The summed E-state index contributed by atoms with van der Waals surface area (Å²) in [6.07, 6.45) is 2.41. The summed E-state index contributed by atoms with van der Waals surface area (Å²) in [7, 11) is 0. The Bertz CT molecular complexity index is 594. The highest BCUT2D eigenvalue weighted by molar-refractivity contribution is 5.84. The van der Waals surface area contributed by atoms with Crippen molar-refractivity contribution in [2.45, 2.75) is 26.7 Å². The van der Waals surface area contributed by atoms with Crippen LogP contribution < -0.4 is 9.47 Å². The molecule has 0 aromatic heterocycles. The van der Waals surface area contributed by atoms with Gasteiger partial charge in [0.05, 0.1) is 13.2 Å². The van der Waals surface area contributed by atoms with Crippen molar-refractivity contribution in [1.29, 1.82) is 0 Å². The second-order valence-electron chi connectivity index (χ2n) is 5.39. The zero-order chi connectivity index (χ0) is 15.4. The third kappa shape index (κ3) is 3.33. The highest BCUT2D eigenvalue weighted by Gasteiger charge is 2.20. The number of ether oxygens (including phenoxy) is 2. The number of hydrogen-bond donors (Lipinski definition) is 0.